The summed E-state index contributed by atoms with van der Waals surface area (Å²) in [5, 5.41) is 13.8. The van der Waals surface area contributed by atoms with E-state index in [1.807, 2.05) is 19.1 Å². The number of aryl methyl sites for hydroxylation is 2. The molecule has 0 bridgehead atoms. The maximum absolute atomic E-state index is 5.55. The van der Waals surface area contributed by atoms with Crippen LogP contribution in [-0.4, -0.2) is 23.3 Å². The maximum Gasteiger partial charge on any atom is 0.183 e. The maximum atomic E-state index is 5.55. The summed E-state index contributed by atoms with van der Waals surface area (Å²) in [6, 6.07) is 3.90. The Kier molecular flexibility index (Phi) is 5.10. The number of nitrogens with one attached hydrogen (secondary N) is 1. The van der Waals surface area contributed by atoms with Crippen LogP contribution >= 0.6 is 11.3 Å². The molecule has 4 nitrogen and oxygen atoms in total. The number of hydrogen-bond acceptors (Lipinski definition) is 5. The molecule has 0 aliphatic heterocycles. The Morgan fingerprint density at radius 2 is 2.16 bits per heavy atom. The largest absolute Gasteiger partial charge is 0.459 e. The zero-order valence-electron chi connectivity index (χ0n) is 11.8. The molecule has 19 heavy (non-hydrogen) atoms. The van der Waals surface area contributed by atoms with E-state index in [9.17, 15) is 0 Å². The van der Waals surface area contributed by atoms with Crippen molar-refractivity contribution in [1.82, 2.24) is 15.5 Å². The van der Waals surface area contributed by atoms with Crippen LogP contribution in [0.4, 0.5) is 0 Å². The van der Waals surface area contributed by atoms with Crippen molar-refractivity contribution in [2.24, 2.45) is 5.92 Å². The predicted molar refractivity (Wildman–Crippen MR) is 78.4 cm³/mol. The molecule has 0 saturated carbocycles. The van der Waals surface area contributed by atoms with Crippen LogP contribution in [0, 0.1) is 12.8 Å². The summed E-state index contributed by atoms with van der Waals surface area (Å²) in [7, 11) is 0. The fourth-order valence-electron chi connectivity index (χ4n) is 1.76. The van der Waals surface area contributed by atoms with Crippen LogP contribution in [0.5, 0.6) is 0 Å². The van der Waals surface area contributed by atoms with E-state index in [1.54, 1.807) is 11.3 Å². The lowest BCUT2D eigenvalue weighted by Crippen LogP contribution is -2.21. The van der Waals surface area contributed by atoms with Crippen LogP contribution in [0.25, 0.3) is 10.8 Å². The monoisotopic (exact) mass is 279 g/mol. The summed E-state index contributed by atoms with van der Waals surface area (Å²) in [6.07, 6.45) is 2.07. The summed E-state index contributed by atoms with van der Waals surface area (Å²) in [5.74, 6) is 2.43. The fourth-order valence-corrected chi connectivity index (χ4v) is 2.60. The highest BCUT2D eigenvalue weighted by Gasteiger charge is 2.09. The molecule has 0 radical (unpaired) electrons. The summed E-state index contributed by atoms with van der Waals surface area (Å²) >= 11 is 1.62. The quantitative estimate of drug-likeness (QED) is 0.790. The minimum Gasteiger partial charge on any atom is -0.459 e. The normalized spacial score (nSPS) is 11.4. The molecule has 2 heterocycles. The van der Waals surface area contributed by atoms with Gasteiger partial charge in [0.15, 0.2) is 10.8 Å². The van der Waals surface area contributed by atoms with E-state index in [0.29, 0.717) is 5.92 Å². The molecule has 0 unspecified atom stereocenters. The van der Waals surface area contributed by atoms with E-state index in [2.05, 4.69) is 29.4 Å². The van der Waals surface area contributed by atoms with E-state index >= 15 is 0 Å². The number of rotatable bonds is 7. The third-order valence-corrected chi connectivity index (χ3v) is 3.71. The van der Waals surface area contributed by atoms with Gasteiger partial charge in [-0.25, -0.2) is 0 Å². The Morgan fingerprint density at radius 3 is 2.84 bits per heavy atom. The molecule has 2 rings (SSSR count). The molecule has 5 heteroatoms. The zero-order valence-corrected chi connectivity index (χ0v) is 12.6. The molecule has 0 fully saturated rings. The van der Waals surface area contributed by atoms with Crippen LogP contribution in [0.2, 0.25) is 0 Å². The smallest absolute Gasteiger partial charge is 0.183 e. The number of nitrogens with zero attached hydrogens (tertiary/aromatic N) is 2. The molecule has 0 atom stereocenters. The molecule has 0 aromatic carbocycles. The van der Waals surface area contributed by atoms with Gasteiger partial charge in [0.05, 0.1) is 0 Å². The van der Waals surface area contributed by atoms with Crippen LogP contribution in [0.3, 0.4) is 0 Å². The molecule has 0 aliphatic rings. The van der Waals surface area contributed by atoms with Gasteiger partial charge in [0.2, 0.25) is 0 Å². The number of furan rings is 1. The van der Waals surface area contributed by atoms with E-state index in [0.717, 1.165) is 47.5 Å². The Hall–Kier alpha value is -1.20. The molecule has 104 valence electrons. The second-order valence-corrected chi connectivity index (χ2v) is 6.17. The van der Waals surface area contributed by atoms with Crippen LogP contribution in [0.1, 0.15) is 31.0 Å². The molecule has 0 saturated heterocycles. The first-order valence-corrected chi connectivity index (χ1v) is 7.56. The number of hydrogen-bond donors (Lipinski definition) is 1. The first-order chi connectivity index (χ1) is 9.15. The van der Waals surface area contributed by atoms with Crippen molar-refractivity contribution in [3.8, 4) is 10.8 Å². The minimum atomic E-state index is 0.704. The Bertz CT molecular complexity index is 504. The summed E-state index contributed by atoms with van der Waals surface area (Å²) in [4.78, 5) is 0. The van der Waals surface area contributed by atoms with E-state index in [1.165, 1.54) is 0 Å². The molecule has 0 aliphatic carbocycles. The highest BCUT2D eigenvalue weighted by Crippen LogP contribution is 2.25. The van der Waals surface area contributed by atoms with E-state index in [4.69, 9.17) is 4.42 Å². The zero-order chi connectivity index (χ0) is 13.7. The highest BCUT2D eigenvalue weighted by atomic mass is 32.1. The predicted octanol–water partition coefficient (Wildman–Crippen LogP) is 3.28. The van der Waals surface area contributed by atoms with Crippen molar-refractivity contribution in [3.63, 3.8) is 0 Å². The van der Waals surface area contributed by atoms with Crippen LogP contribution in [0.15, 0.2) is 16.5 Å². The standard InChI is InChI=1S/C14H21N3OS/c1-10(2)9-15-8-4-5-13-16-17-14(19-13)12-7-6-11(3)18-12/h6-7,10,15H,4-5,8-9H2,1-3H3. The minimum absolute atomic E-state index is 0.704. The van der Waals surface area contributed by atoms with Gasteiger partial charge in [0.1, 0.15) is 10.8 Å². The van der Waals surface area contributed by atoms with Crippen LogP contribution in [-0.2, 0) is 6.42 Å². The van der Waals surface area contributed by atoms with Crippen molar-refractivity contribution >= 4 is 11.3 Å². The molecule has 1 N–H and O–H groups in total. The SMILES string of the molecule is Cc1ccc(-c2nnc(CCCNCC(C)C)s2)o1. The van der Waals surface area contributed by atoms with Gasteiger partial charge in [-0.2, -0.15) is 0 Å². The molecule has 2 aromatic heterocycles. The third-order valence-electron chi connectivity index (χ3n) is 2.71. The molecule has 2 aromatic rings. The molecular formula is C14H21N3OS. The molecule has 0 amide bonds. The summed E-state index contributed by atoms with van der Waals surface area (Å²) in [5.41, 5.74) is 0. The second-order valence-electron chi connectivity index (χ2n) is 5.11. The van der Waals surface area contributed by atoms with Gasteiger partial charge in [0, 0.05) is 6.42 Å². The Labute approximate surface area is 118 Å². The van der Waals surface area contributed by atoms with Gasteiger partial charge >= 0.3 is 0 Å². The van der Waals surface area contributed by atoms with Crippen molar-refractivity contribution in [2.45, 2.75) is 33.6 Å². The van der Waals surface area contributed by atoms with Gasteiger partial charge in [-0.05, 0) is 44.5 Å². The Balaban J connectivity index is 1.78. The highest BCUT2D eigenvalue weighted by molar-refractivity contribution is 7.14. The third kappa shape index (κ3) is 4.44. The van der Waals surface area contributed by atoms with E-state index in [-0.39, 0.29) is 0 Å². The first-order valence-electron chi connectivity index (χ1n) is 6.75. The second kappa shape index (κ2) is 6.82. The van der Waals surface area contributed by atoms with Gasteiger partial charge in [-0.1, -0.05) is 25.2 Å². The lowest BCUT2D eigenvalue weighted by Gasteiger charge is -2.05. The van der Waals surface area contributed by atoms with Gasteiger partial charge in [0.25, 0.3) is 0 Å². The molecular weight excluding hydrogens is 258 g/mol. The molecule has 0 spiro atoms. The average molecular weight is 279 g/mol. The van der Waals surface area contributed by atoms with Gasteiger partial charge in [-0.3, -0.25) is 0 Å². The van der Waals surface area contributed by atoms with Gasteiger partial charge < -0.3 is 9.73 Å². The lowest BCUT2D eigenvalue weighted by atomic mass is 10.2. The first kappa shape index (κ1) is 14.2. The van der Waals surface area contributed by atoms with Gasteiger partial charge in [-0.15, -0.1) is 10.2 Å². The van der Waals surface area contributed by atoms with Crippen molar-refractivity contribution in [3.05, 3.63) is 22.9 Å². The van der Waals surface area contributed by atoms with Crippen molar-refractivity contribution in [2.75, 3.05) is 13.1 Å². The fraction of sp³-hybridized carbons (Fsp3) is 0.571. The number of aromatic nitrogens is 2. The summed E-state index contributed by atoms with van der Waals surface area (Å²) in [6.45, 7) is 8.48. The summed E-state index contributed by atoms with van der Waals surface area (Å²) < 4.78 is 5.55. The topological polar surface area (TPSA) is 51.0 Å². The average Bonchev–Trinajstić information content (AvgIpc) is 2.97. The van der Waals surface area contributed by atoms with E-state index < -0.39 is 0 Å². The van der Waals surface area contributed by atoms with Crippen molar-refractivity contribution < 1.29 is 4.42 Å². The van der Waals surface area contributed by atoms with Crippen molar-refractivity contribution in [1.29, 1.82) is 0 Å². The van der Waals surface area contributed by atoms with Crippen LogP contribution < -0.4 is 5.32 Å². The lowest BCUT2D eigenvalue weighted by molar-refractivity contribution is 0.542. The Morgan fingerprint density at radius 1 is 1.32 bits per heavy atom.